The van der Waals surface area contributed by atoms with Gasteiger partial charge >= 0.3 is 0 Å². The van der Waals surface area contributed by atoms with E-state index in [1.807, 2.05) is 0 Å². The van der Waals surface area contributed by atoms with Gasteiger partial charge < -0.3 is 0 Å². The molecule has 3 rings (SSSR count). The Labute approximate surface area is 122 Å². The molecule has 0 bridgehead atoms. The monoisotopic (exact) mass is 308 g/mol. The quantitative estimate of drug-likeness (QED) is 0.676. The number of fused-ring (bicyclic) bond motifs is 1. The van der Waals surface area contributed by atoms with Gasteiger partial charge in [-0.25, -0.2) is 9.67 Å². The van der Waals surface area contributed by atoms with Crippen LogP contribution in [-0.4, -0.2) is 29.6 Å². The third-order valence-electron chi connectivity index (χ3n) is 2.61. The third-order valence-corrected chi connectivity index (χ3v) is 3.87. The van der Waals surface area contributed by atoms with Gasteiger partial charge in [0, 0.05) is 25.1 Å². The average molecular weight is 309 g/mol. The van der Waals surface area contributed by atoms with E-state index in [4.69, 9.17) is 11.6 Å². The molecule has 0 N–H and O–H groups in total. The summed E-state index contributed by atoms with van der Waals surface area (Å²) in [6.45, 7) is 0. The van der Waals surface area contributed by atoms with Crippen LogP contribution in [0.3, 0.4) is 0 Å². The Balaban J connectivity index is 1.91. The Morgan fingerprint density at radius 2 is 2.25 bits per heavy atom. The lowest BCUT2D eigenvalue weighted by Gasteiger charge is -2.03. The van der Waals surface area contributed by atoms with Crippen molar-refractivity contribution in [3.8, 4) is 0 Å². The molecule has 3 aromatic rings. The van der Waals surface area contributed by atoms with Crippen molar-refractivity contribution in [3.05, 3.63) is 45.5 Å². The molecule has 0 aliphatic carbocycles. The number of halogens is 1. The summed E-state index contributed by atoms with van der Waals surface area (Å²) in [5.74, 6) is 0.516. The van der Waals surface area contributed by atoms with Crippen LogP contribution in [0.25, 0.3) is 5.65 Å². The molecule has 3 aromatic heterocycles. The van der Waals surface area contributed by atoms with Gasteiger partial charge in [0.2, 0.25) is 5.16 Å². The molecule has 0 aliphatic heterocycles. The summed E-state index contributed by atoms with van der Waals surface area (Å²) in [7, 11) is 1.76. The van der Waals surface area contributed by atoms with Crippen LogP contribution in [0.1, 0.15) is 5.69 Å². The van der Waals surface area contributed by atoms with Crippen molar-refractivity contribution < 1.29 is 0 Å². The van der Waals surface area contributed by atoms with Gasteiger partial charge in [0.05, 0.1) is 10.7 Å². The Morgan fingerprint density at radius 3 is 3.00 bits per heavy atom. The largest absolute Gasteiger partial charge is 0.269 e. The van der Waals surface area contributed by atoms with Gasteiger partial charge in [-0.1, -0.05) is 23.4 Å². The molecule has 0 saturated carbocycles. The lowest BCUT2D eigenvalue weighted by molar-refractivity contribution is 0.664. The SMILES string of the molecule is Cn1nnnc1SCc1cc(=O)n2cc(Cl)ccc2n1. The first-order valence-electron chi connectivity index (χ1n) is 5.66. The minimum atomic E-state index is -0.163. The minimum absolute atomic E-state index is 0.163. The summed E-state index contributed by atoms with van der Waals surface area (Å²) < 4.78 is 2.98. The molecule has 3 heterocycles. The molecule has 0 radical (unpaired) electrons. The summed E-state index contributed by atoms with van der Waals surface area (Å²) in [5.41, 5.74) is 1.07. The van der Waals surface area contributed by atoms with Crippen molar-refractivity contribution in [1.82, 2.24) is 29.6 Å². The van der Waals surface area contributed by atoms with Crippen LogP contribution in [-0.2, 0) is 12.8 Å². The summed E-state index contributed by atoms with van der Waals surface area (Å²) in [5, 5.41) is 12.3. The molecule has 7 nitrogen and oxygen atoms in total. The smallest absolute Gasteiger partial charge is 0.258 e. The van der Waals surface area contributed by atoms with Gasteiger partial charge in [-0.15, -0.1) is 5.10 Å². The molecular formula is C11H9ClN6OS. The van der Waals surface area contributed by atoms with Crippen molar-refractivity contribution in [1.29, 1.82) is 0 Å². The predicted octanol–water partition coefficient (Wildman–Crippen LogP) is 1.16. The second-order valence-electron chi connectivity index (χ2n) is 4.03. The third kappa shape index (κ3) is 2.52. The Morgan fingerprint density at radius 1 is 1.40 bits per heavy atom. The van der Waals surface area contributed by atoms with Crippen LogP contribution >= 0.6 is 23.4 Å². The topological polar surface area (TPSA) is 78.0 Å². The maximum atomic E-state index is 12.0. The highest BCUT2D eigenvalue weighted by Crippen LogP contribution is 2.18. The number of pyridine rings is 1. The second-order valence-corrected chi connectivity index (χ2v) is 5.41. The number of aryl methyl sites for hydroxylation is 1. The lowest BCUT2D eigenvalue weighted by atomic mass is 10.4. The van der Waals surface area contributed by atoms with Crippen molar-refractivity contribution in [2.45, 2.75) is 10.9 Å². The van der Waals surface area contributed by atoms with Crippen molar-refractivity contribution >= 4 is 29.0 Å². The standard InChI is InChI=1S/C11H9ClN6OS/c1-17-11(14-15-16-17)20-6-8-4-10(19)18-5-7(12)2-3-9(18)13-8/h2-5H,6H2,1H3. The molecule has 0 amide bonds. The Hall–Kier alpha value is -1.93. The summed E-state index contributed by atoms with van der Waals surface area (Å²) in [4.78, 5) is 16.4. The molecule has 9 heteroatoms. The van der Waals surface area contributed by atoms with Gasteiger partial charge in [-0.05, 0) is 22.6 Å². The summed E-state index contributed by atoms with van der Waals surface area (Å²) >= 11 is 7.28. The Bertz CT molecular complexity index is 829. The fourth-order valence-corrected chi connectivity index (χ4v) is 2.59. The van der Waals surface area contributed by atoms with Gasteiger partial charge in [-0.3, -0.25) is 9.20 Å². The maximum Gasteiger partial charge on any atom is 0.258 e. The van der Waals surface area contributed by atoms with Crippen LogP contribution in [0.4, 0.5) is 0 Å². The van der Waals surface area contributed by atoms with Crippen molar-refractivity contribution in [2.24, 2.45) is 7.05 Å². The van der Waals surface area contributed by atoms with Crippen LogP contribution in [0.5, 0.6) is 0 Å². The van der Waals surface area contributed by atoms with Gasteiger partial charge in [0.25, 0.3) is 5.56 Å². The number of nitrogens with zero attached hydrogens (tertiary/aromatic N) is 6. The molecule has 0 atom stereocenters. The number of aromatic nitrogens is 6. The fraction of sp³-hybridized carbons (Fsp3) is 0.182. The van der Waals surface area contributed by atoms with E-state index in [0.717, 1.165) is 0 Å². The van der Waals surface area contributed by atoms with E-state index in [9.17, 15) is 4.79 Å². The highest BCUT2D eigenvalue weighted by atomic mass is 35.5. The van der Waals surface area contributed by atoms with E-state index in [0.29, 0.717) is 27.3 Å². The molecule has 0 aliphatic rings. The molecule has 0 spiro atoms. The van der Waals surface area contributed by atoms with E-state index >= 15 is 0 Å². The molecular weight excluding hydrogens is 300 g/mol. The van der Waals surface area contributed by atoms with E-state index < -0.39 is 0 Å². The number of tetrazole rings is 1. The van der Waals surface area contributed by atoms with Gasteiger partial charge in [0.15, 0.2) is 0 Å². The number of hydrogen-bond acceptors (Lipinski definition) is 6. The number of rotatable bonds is 3. The highest BCUT2D eigenvalue weighted by Gasteiger charge is 2.07. The molecule has 0 aromatic carbocycles. The normalized spacial score (nSPS) is 11.1. The summed E-state index contributed by atoms with van der Waals surface area (Å²) in [6, 6.07) is 4.90. The maximum absolute atomic E-state index is 12.0. The minimum Gasteiger partial charge on any atom is -0.269 e. The fourth-order valence-electron chi connectivity index (χ4n) is 1.68. The summed E-state index contributed by atoms with van der Waals surface area (Å²) in [6.07, 6.45) is 1.55. The predicted molar refractivity (Wildman–Crippen MR) is 74.8 cm³/mol. The highest BCUT2D eigenvalue weighted by molar-refractivity contribution is 7.98. The molecule has 0 unspecified atom stereocenters. The van der Waals surface area contributed by atoms with Crippen LogP contribution < -0.4 is 5.56 Å². The number of thioether (sulfide) groups is 1. The molecule has 20 heavy (non-hydrogen) atoms. The number of hydrogen-bond donors (Lipinski definition) is 0. The van der Waals surface area contributed by atoms with Crippen LogP contribution in [0.2, 0.25) is 5.02 Å². The lowest BCUT2D eigenvalue weighted by Crippen LogP contribution is -2.15. The zero-order valence-corrected chi connectivity index (χ0v) is 12.0. The van der Waals surface area contributed by atoms with E-state index in [1.54, 1.807) is 30.1 Å². The van der Waals surface area contributed by atoms with Crippen LogP contribution in [0, 0.1) is 0 Å². The Kier molecular flexibility index (Phi) is 3.41. The first-order valence-corrected chi connectivity index (χ1v) is 7.03. The van der Waals surface area contributed by atoms with E-state index in [1.165, 1.54) is 22.2 Å². The second kappa shape index (κ2) is 5.22. The van der Waals surface area contributed by atoms with Crippen molar-refractivity contribution in [3.63, 3.8) is 0 Å². The molecule has 0 fully saturated rings. The van der Waals surface area contributed by atoms with Gasteiger partial charge in [-0.2, -0.15) is 0 Å². The van der Waals surface area contributed by atoms with Crippen molar-refractivity contribution in [2.75, 3.05) is 0 Å². The van der Waals surface area contributed by atoms with Crippen LogP contribution in [0.15, 0.2) is 34.3 Å². The molecule has 102 valence electrons. The average Bonchev–Trinajstić information content (AvgIpc) is 2.83. The van der Waals surface area contributed by atoms with E-state index in [-0.39, 0.29) is 5.56 Å². The first kappa shape index (κ1) is 13.1. The van der Waals surface area contributed by atoms with E-state index in [2.05, 4.69) is 20.5 Å². The van der Waals surface area contributed by atoms with Gasteiger partial charge in [0.1, 0.15) is 5.65 Å². The molecule has 0 saturated heterocycles. The zero-order valence-electron chi connectivity index (χ0n) is 10.4. The first-order chi connectivity index (χ1) is 9.63. The zero-order chi connectivity index (χ0) is 14.1.